The monoisotopic (exact) mass is 471 g/mol. The Morgan fingerprint density at radius 1 is 1.24 bits per heavy atom. The van der Waals surface area contributed by atoms with E-state index in [2.05, 4.69) is 15.1 Å². The van der Waals surface area contributed by atoms with Crippen LogP contribution in [0.2, 0.25) is 0 Å². The van der Waals surface area contributed by atoms with E-state index < -0.39 is 11.2 Å². The van der Waals surface area contributed by atoms with E-state index in [-0.39, 0.29) is 29.1 Å². The normalized spacial score (nSPS) is 11.2. The molecule has 0 atom stereocenters. The molecule has 0 saturated heterocycles. The number of aromatic amines is 1. The van der Waals surface area contributed by atoms with Gasteiger partial charge in [-0.1, -0.05) is 57.2 Å². The van der Waals surface area contributed by atoms with Crippen molar-refractivity contribution in [3.05, 3.63) is 57.5 Å². The van der Waals surface area contributed by atoms with Gasteiger partial charge in [-0.2, -0.15) is 0 Å². The average Bonchev–Trinajstić information content (AvgIpc) is 3.26. The Bertz CT molecular complexity index is 1200. The summed E-state index contributed by atoms with van der Waals surface area (Å²) in [6, 6.07) is 9.53. The third kappa shape index (κ3) is 5.92. The average molecular weight is 472 g/mol. The summed E-state index contributed by atoms with van der Waals surface area (Å²) in [6.45, 7) is 6.52. The fourth-order valence-corrected chi connectivity index (χ4v) is 3.96. The number of benzene rings is 1. The van der Waals surface area contributed by atoms with Crippen LogP contribution in [-0.4, -0.2) is 42.5 Å². The van der Waals surface area contributed by atoms with Crippen molar-refractivity contribution in [2.24, 2.45) is 5.92 Å². The zero-order valence-corrected chi connectivity index (χ0v) is 19.8. The fraction of sp³-hybridized carbons (Fsp3) is 0.409. The van der Waals surface area contributed by atoms with Crippen LogP contribution in [0.3, 0.4) is 0 Å². The number of nitrogens with two attached hydrogens (primary N) is 1. The fourth-order valence-electron chi connectivity index (χ4n) is 3.29. The Morgan fingerprint density at radius 2 is 1.97 bits per heavy atom. The minimum Gasteiger partial charge on any atom is -0.383 e. The molecule has 11 heteroatoms. The van der Waals surface area contributed by atoms with Gasteiger partial charge in [-0.05, 0) is 24.5 Å². The first-order valence-electron chi connectivity index (χ1n) is 10.8. The lowest BCUT2D eigenvalue weighted by Crippen LogP contribution is -2.42. The van der Waals surface area contributed by atoms with E-state index in [0.717, 1.165) is 12.1 Å². The van der Waals surface area contributed by atoms with Gasteiger partial charge in [0.15, 0.2) is 5.69 Å². The molecule has 3 N–H and O–H groups in total. The number of H-pyrrole nitrogens is 1. The summed E-state index contributed by atoms with van der Waals surface area (Å²) in [5, 5.41) is 4.84. The molecule has 0 aliphatic heterocycles. The second-order valence-electron chi connectivity index (χ2n) is 7.99. The number of anilines is 2. The maximum atomic E-state index is 13.2. The SMILES string of the molecule is CCCCN(C(=O)CSc1ncn(-c2ccccc2)n1)c1c(N)n(CC(C)C)c(=O)[nH]c1=O. The first-order valence-corrected chi connectivity index (χ1v) is 11.8. The van der Waals surface area contributed by atoms with Gasteiger partial charge in [-0.25, -0.2) is 14.5 Å². The minimum atomic E-state index is -0.668. The molecule has 0 aliphatic rings. The third-order valence-electron chi connectivity index (χ3n) is 4.88. The maximum absolute atomic E-state index is 13.2. The second kappa shape index (κ2) is 11.0. The summed E-state index contributed by atoms with van der Waals surface area (Å²) in [6.07, 6.45) is 3.09. The van der Waals surface area contributed by atoms with E-state index in [4.69, 9.17) is 5.73 Å². The molecule has 0 bridgehead atoms. The van der Waals surface area contributed by atoms with Crippen LogP contribution in [0.1, 0.15) is 33.6 Å². The first kappa shape index (κ1) is 24.3. The van der Waals surface area contributed by atoms with Gasteiger partial charge in [-0.15, -0.1) is 5.10 Å². The van der Waals surface area contributed by atoms with Crippen LogP contribution in [0.25, 0.3) is 5.69 Å². The van der Waals surface area contributed by atoms with E-state index in [1.54, 1.807) is 11.0 Å². The topological polar surface area (TPSA) is 132 Å². The van der Waals surface area contributed by atoms with Crippen molar-refractivity contribution in [3.8, 4) is 5.69 Å². The van der Waals surface area contributed by atoms with Crippen LogP contribution < -0.4 is 21.9 Å². The molecule has 0 aliphatic carbocycles. The number of para-hydroxylation sites is 1. The van der Waals surface area contributed by atoms with Crippen molar-refractivity contribution in [1.29, 1.82) is 0 Å². The number of nitrogens with one attached hydrogen (secondary N) is 1. The molecule has 10 nitrogen and oxygen atoms in total. The highest BCUT2D eigenvalue weighted by atomic mass is 32.2. The van der Waals surface area contributed by atoms with Gasteiger partial charge < -0.3 is 10.6 Å². The maximum Gasteiger partial charge on any atom is 0.330 e. The Hall–Kier alpha value is -3.34. The van der Waals surface area contributed by atoms with Crippen LogP contribution >= 0.6 is 11.8 Å². The molecular formula is C22H29N7O3S. The Morgan fingerprint density at radius 3 is 2.64 bits per heavy atom. The van der Waals surface area contributed by atoms with Crippen LogP contribution in [0.15, 0.2) is 51.4 Å². The number of aromatic nitrogens is 5. The van der Waals surface area contributed by atoms with E-state index in [0.29, 0.717) is 24.7 Å². The second-order valence-corrected chi connectivity index (χ2v) is 8.93. The minimum absolute atomic E-state index is 0.00150. The van der Waals surface area contributed by atoms with E-state index in [1.807, 2.05) is 51.1 Å². The van der Waals surface area contributed by atoms with Crippen LogP contribution in [0.4, 0.5) is 11.5 Å². The highest BCUT2D eigenvalue weighted by molar-refractivity contribution is 7.99. The lowest BCUT2D eigenvalue weighted by Gasteiger charge is -2.24. The standard InChI is InChI=1S/C22H29N7O3S/c1-4-5-11-27(18-19(23)28(12-15(2)3)22(32)25-20(18)31)17(30)13-33-21-24-14-29(26-21)16-9-7-6-8-10-16/h6-10,14-15H,4-5,11-13,23H2,1-3H3,(H,25,31,32). The number of rotatable bonds is 10. The summed E-state index contributed by atoms with van der Waals surface area (Å²) in [4.78, 5) is 46.1. The molecule has 2 heterocycles. The molecule has 0 saturated carbocycles. The predicted octanol–water partition coefficient (Wildman–Crippen LogP) is 2.28. The largest absolute Gasteiger partial charge is 0.383 e. The molecule has 1 amide bonds. The Kier molecular flexibility index (Phi) is 8.10. The quantitative estimate of drug-likeness (QED) is 0.434. The van der Waals surface area contributed by atoms with Gasteiger partial charge in [-0.3, -0.25) is 19.1 Å². The molecule has 0 spiro atoms. The van der Waals surface area contributed by atoms with Crippen molar-refractivity contribution < 1.29 is 4.79 Å². The van der Waals surface area contributed by atoms with Gasteiger partial charge >= 0.3 is 5.69 Å². The summed E-state index contributed by atoms with van der Waals surface area (Å²) in [7, 11) is 0. The lowest BCUT2D eigenvalue weighted by molar-refractivity contribution is -0.116. The smallest absolute Gasteiger partial charge is 0.330 e. The van der Waals surface area contributed by atoms with E-state index in [1.165, 1.54) is 21.2 Å². The molecule has 3 aromatic rings. The summed E-state index contributed by atoms with van der Waals surface area (Å²) < 4.78 is 2.94. The van der Waals surface area contributed by atoms with Crippen molar-refractivity contribution in [1.82, 2.24) is 24.3 Å². The summed E-state index contributed by atoms with van der Waals surface area (Å²) >= 11 is 1.17. The van der Waals surface area contributed by atoms with Crippen LogP contribution in [0, 0.1) is 5.92 Å². The van der Waals surface area contributed by atoms with Crippen LogP contribution in [0.5, 0.6) is 0 Å². The van der Waals surface area contributed by atoms with Gasteiger partial charge in [0.2, 0.25) is 11.1 Å². The lowest BCUT2D eigenvalue weighted by atomic mass is 10.2. The van der Waals surface area contributed by atoms with Gasteiger partial charge in [0.25, 0.3) is 5.56 Å². The first-order chi connectivity index (χ1) is 15.8. The number of nitrogen functional groups attached to an aromatic ring is 1. The number of nitrogens with zero attached hydrogens (tertiary/aromatic N) is 5. The summed E-state index contributed by atoms with van der Waals surface area (Å²) in [5.41, 5.74) is 5.86. The Balaban J connectivity index is 1.83. The van der Waals surface area contributed by atoms with Crippen molar-refractivity contribution >= 4 is 29.2 Å². The highest BCUT2D eigenvalue weighted by Crippen LogP contribution is 2.21. The molecule has 0 unspecified atom stereocenters. The molecule has 0 radical (unpaired) electrons. The van der Waals surface area contributed by atoms with Crippen molar-refractivity contribution in [2.45, 2.75) is 45.3 Å². The van der Waals surface area contributed by atoms with Crippen molar-refractivity contribution in [2.75, 3.05) is 22.9 Å². The molecule has 3 rings (SSSR count). The third-order valence-corrected chi connectivity index (χ3v) is 5.72. The number of carbonyl (C=O) groups excluding carboxylic acids is 1. The van der Waals surface area contributed by atoms with E-state index >= 15 is 0 Å². The molecule has 2 aromatic heterocycles. The number of hydrogen-bond acceptors (Lipinski definition) is 7. The van der Waals surface area contributed by atoms with E-state index in [9.17, 15) is 14.4 Å². The number of unbranched alkanes of at least 4 members (excludes halogenated alkanes) is 1. The highest BCUT2D eigenvalue weighted by Gasteiger charge is 2.24. The van der Waals surface area contributed by atoms with Crippen molar-refractivity contribution in [3.63, 3.8) is 0 Å². The zero-order chi connectivity index (χ0) is 24.0. The van der Waals surface area contributed by atoms with Gasteiger partial charge in [0, 0.05) is 13.1 Å². The number of hydrogen-bond donors (Lipinski definition) is 2. The predicted molar refractivity (Wildman–Crippen MR) is 130 cm³/mol. The van der Waals surface area contributed by atoms with Crippen LogP contribution in [-0.2, 0) is 11.3 Å². The number of thioether (sulfide) groups is 1. The molecule has 0 fully saturated rings. The molecule has 33 heavy (non-hydrogen) atoms. The number of carbonyl (C=O) groups is 1. The summed E-state index contributed by atoms with van der Waals surface area (Å²) in [5.74, 6) is -0.162. The zero-order valence-electron chi connectivity index (χ0n) is 19.0. The van der Waals surface area contributed by atoms with Gasteiger partial charge in [0.05, 0.1) is 11.4 Å². The molecular weight excluding hydrogens is 442 g/mol. The van der Waals surface area contributed by atoms with Gasteiger partial charge in [0.1, 0.15) is 12.1 Å². The Labute approximate surface area is 195 Å². The molecule has 176 valence electrons. The number of amides is 1. The molecule has 1 aromatic carbocycles.